The third-order valence-electron chi connectivity index (χ3n) is 3.23. The Morgan fingerprint density at radius 3 is 2.94 bits per heavy atom. The molecule has 0 aromatic rings. The molecular formula is C12H23N3O3. The number of hydrogen-bond donors (Lipinski definition) is 2. The second-order valence-corrected chi connectivity index (χ2v) is 4.53. The van der Waals surface area contributed by atoms with Crippen molar-refractivity contribution in [2.75, 3.05) is 33.3 Å². The Morgan fingerprint density at radius 1 is 1.50 bits per heavy atom. The van der Waals surface area contributed by atoms with Gasteiger partial charge in [0.15, 0.2) is 0 Å². The molecule has 1 fully saturated rings. The number of nitrogens with one attached hydrogen (secondary N) is 1. The van der Waals surface area contributed by atoms with Crippen LogP contribution in [0.4, 0.5) is 0 Å². The van der Waals surface area contributed by atoms with Crippen molar-refractivity contribution in [1.82, 2.24) is 10.2 Å². The smallest absolute Gasteiger partial charge is 0.305 e. The first kappa shape index (κ1) is 14.9. The molecule has 1 aliphatic rings. The number of nitrogens with zero attached hydrogens (tertiary/aromatic N) is 1. The van der Waals surface area contributed by atoms with E-state index in [1.807, 2.05) is 0 Å². The molecular weight excluding hydrogens is 234 g/mol. The number of nitrogens with two attached hydrogens (primary N) is 1. The van der Waals surface area contributed by atoms with Crippen molar-refractivity contribution in [1.29, 1.82) is 0 Å². The summed E-state index contributed by atoms with van der Waals surface area (Å²) < 4.78 is 4.52. The van der Waals surface area contributed by atoms with Gasteiger partial charge in [-0.3, -0.25) is 14.5 Å². The van der Waals surface area contributed by atoms with Crippen molar-refractivity contribution in [3.8, 4) is 0 Å². The summed E-state index contributed by atoms with van der Waals surface area (Å²) >= 11 is 0. The standard InChI is InChI=1S/C12H23N3O3/c1-18-12(17)5-2-6-14-11(16)9-15-7-3-4-10(15)8-13/h10H,2-9,13H2,1H3,(H,14,16). The molecule has 1 saturated heterocycles. The lowest BCUT2D eigenvalue weighted by Crippen LogP contribution is -2.42. The number of rotatable bonds is 7. The van der Waals surface area contributed by atoms with Gasteiger partial charge < -0.3 is 15.8 Å². The lowest BCUT2D eigenvalue weighted by atomic mass is 10.2. The average molecular weight is 257 g/mol. The largest absolute Gasteiger partial charge is 0.469 e. The minimum atomic E-state index is -0.244. The van der Waals surface area contributed by atoms with E-state index in [-0.39, 0.29) is 11.9 Å². The van der Waals surface area contributed by atoms with E-state index in [1.165, 1.54) is 7.11 Å². The first-order chi connectivity index (χ1) is 8.67. The number of ether oxygens (including phenoxy) is 1. The topological polar surface area (TPSA) is 84.7 Å². The van der Waals surface area contributed by atoms with Crippen LogP contribution in [-0.2, 0) is 14.3 Å². The van der Waals surface area contributed by atoms with Crippen LogP contribution in [0, 0.1) is 0 Å². The van der Waals surface area contributed by atoms with Gasteiger partial charge >= 0.3 is 5.97 Å². The molecule has 0 aromatic heterocycles. The maximum absolute atomic E-state index is 11.7. The molecule has 0 aliphatic carbocycles. The summed E-state index contributed by atoms with van der Waals surface area (Å²) in [5.41, 5.74) is 5.65. The van der Waals surface area contributed by atoms with Gasteiger partial charge in [-0.25, -0.2) is 0 Å². The van der Waals surface area contributed by atoms with Crippen LogP contribution >= 0.6 is 0 Å². The number of hydrogen-bond acceptors (Lipinski definition) is 5. The van der Waals surface area contributed by atoms with Crippen molar-refractivity contribution in [3.63, 3.8) is 0 Å². The third kappa shape index (κ3) is 5.01. The minimum Gasteiger partial charge on any atom is -0.469 e. The zero-order valence-electron chi connectivity index (χ0n) is 11.0. The highest BCUT2D eigenvalue weighted by Crippen LogP contribution is 2.14. The summed E-state index contributed by atoms with van der Waals surface area (Å²) in [5, 5.41) is 2.80. The Balaban J connectivity index is 2.12. The summed E-state index contributed by atoms with van der Waals surface area (Å²) in [5.74, 6) is -0.243. The van der Waals surface area contributed by atoms with E-state index < -0.39 is 0 Å². The summed E-state index contributed by atoms with van der Waals surface area (Å²) in [6.07, 6.45) is 3.13. The number of methoxy groups -OCH3 is 1. The first-order valence-corrected chi connectivity index (χ1v) is 6.45. The van der Waals surface area contributed by atoms with E-state index in [4.69, 9.17) is 5.73 Å². The van der Waals surface area contributed by atoms with E-state index in [9.17, 15) is 9.59 Å². The van der Waals surface area contributed by atoms with Gasteiger partial charge in [0.1, 0.15) is 0 Å². The molecule has 6 heteroatoms. The molecule has 0 spiro atoms. The van der Waals surface area contributed by atoms with Crippen LogP contribution in [0.15, 0.2) is 0 Å². The fourth-order valence-corrected chi connectivity index (χ4v) is 2.17. The molecule has 1 amide bonds. The highest BCUT2D eigenvalue weighted by Gasteiger charge is 2.24. The quantitative estimate of drug-likeness (QED) is 0.473. The predicted octanol–water partition coefficient (Wildman–Crippen LogP) is -0.521. The van der Waals surface area contributed by atoms with Gasteiger partial charge in [0.25, 0.3) is 0 Å². The SMILES string of the molecule is COC(=O)CCCNC(=O)CN1CCCC1CN. The predicted molar refractivity (Wildman–Crippen MR) is 67.9 cm³/mol. The van der Waals surface area contributed by atoms with E-state index in [0.717, 1.165) is 19.4 Å². The van der Waals surface area contributed by atoms with Gasteiger partial charge in [-0.05, 0) is 25.8 Å². The second kappa shape index (κ2) is 8.05. The Morgan fingerprint density at radius 2 is 2.28 bits per heavy atom. The van der Waals surface area contributed by atoms with Crippen molar-refractivity contribution in [2.24, 2.45) is 5.73 Å². The summed E-state index contributed by atoms with van der Waals surface area (Å²) in [6, 6.07) is 0.339. The van der Waals surface area contributed by atoms with E-state index in [1.54, 1.807) is 0 Å². The fourth-order valence-electron chi connectivity index (χ4n) is 2.17. The monoisotopic (exact) mass is 257 g/mol. The number of esters is 1. The van der Waals surface area contributed by atoms with Crippen molar-refractivity contribution < 1.29 is 14.3 Å². The molecule has 6 nitrogen and oxygen atoms in total. The third-order valence-corrected chi connectivity index (χ3v) is 3.23. The molecule has 18 heavy (non-hydrogen) atoms. The molecule has 0 radical (unpaired) electrons. The highest BCUT2D eigenvalue weighted by atomic mass is 16.5. The Kier molecular flexibility index (Phi) is 6.67. The van der Waals surface area contributed by atoms with Crippen LogP contribution in [0.2, 0.25) is 0 Å². The van der Waals surface area contributed by atoms with Crippen LogP contribution in [0.1, 0.15) is 25.7 Å². The van der Waals surface area contributed by atoms with E-state index >= 15 is 0 Å². The average Bonchev–Trinajstić information content (AvgIpc) is 2.81. The van der Waals surface area contributed by atoms with Crippen molar-refractivity contribution in [2.45, 2.75) is 31.7 Å². The van der Waals surface area contributed by atoms with Gasteiger partial charge in [0, 0.05) is 25.6 Å². The fraction of sp³-hybridized carbons (Fsp3) is 0.833. The molecule has 1 rings (SSSR count). The number of carbonyl (C=O) groups is 2. The Labute approximate surface area is 108 Å². The van der Waals surface area contributed by atoms with Gasteiger partial charge in [-0.1, -0.05) is 0 Å². The summed E-state index contributed by atoms with van der Waals surface area (Å²) in [4.78, 5) is 24.6. The van der Waals surface area contributed by atoms with E-state index in [2.05, 4.69) is 15.0 Å². The lowest BCUT2D eigenvalue weighted by Gasteiger charge is -2.22. The maximum atomic E-state index is 11.7. The molecule has 0 bridgehead atoms. The lowest BCUT2D eigenvalue weighted by molar-refractivity contribution is -0.140. The summed E-state index contributed by atoms with van der Waals surface area (Å²) in [6.45, 7) is 2.46. The van der Waals surface area contributed by atoms with Crippen LogP contribution in [0.3, 0.4) is 0 Å². The molecule has 1 aliphatic heterocycles. The molecule has 104 valence electrons. The van der Waals surface area contributed by atoms with Crippen molar-refractivity contribution >= 4 is 11.9 Å². The number of amides is 1. The zero-order chi connectivity index (χ0) is 13.4. The van der Waals surface area contributed by atoms with Gasteiger partial charge in [-0.2, -0.15) is 0 Å². The number of carbonyl (C=O) groups excluding carboxylic acids is 2. The van der Waals surface area contributed by atoms with E-state index in [0.29, 0.717) is 38.5 Å². The first-order valence-electron chi connectivity index (χ1n) is 6.45. The normalized spacial score (nSPS) is 19.8. The van der Waals surface area contributed by atoms with Gasteiger partial charge in [-0.15, -0.1) is 0 Å². The molecule has 3 N–H and O–H groups in total. The van der Waals surface area contributed by atoms with Crippen LogP contribution in [0.25, 0.3) is 0 Å². The zero-order valence-corrected chi connectivity index (χ0v) is 11.0. The van der Waals surface area contributed by atoms with Crippen LogP contribution in [-0.4, -0.2) is 56.1 Å². The molecule has 1 heterocycles. The molecule has 1 atom stereocenters. The number of likely N-dealkylation sites (tertiary alicyclic amines) is 1. The Bertz CT molecular complexity index is 284. The van der Waals surface area contributed by atoms with Crippen molar-refractivity contribution in [3.05, 3.63) is 0 Å². The second-order valence-electron chi connectivity index (χ2n) is 4.53. The Hall–Kier alpha value is -1.14. The highest BCUT2D eigenvalue weighted by molar-refractivity contribution is 5.78. The van der Waals surface area contributed by atoms with Gasteiger partial charge in [0.05, 0.1) is 13.7 Å². The molecule has 0 aromatic carbocycles. The molecule has 0 saturated carbocycles. The van der Waals surface area contributed by atoms with Crippen LogP contribution < -0.4 is 11.1 Å². The van der Waals surface area contributed by atoms with Gasteiger partial charge in [0.2, 0.25) is 5.91 Å². The minimum absolute atomic E-state index is 0.000200. The molecule has 1 unspecified atom stereocenters. The van der Waals surface area contributed by atoms with Crippen LogP contribution in [0.5, 0.6) is 0 Å². The maximum Gasteiger partial charge on any atom is 0.305 e. The summed E-state index contributed by atoms with van der Waals surface area (Å²) in [7, 11) is 1.36.